The second-order valence-corrected chi connectivity index (χ2v) is 6.47. The number of nitrogens with zero attached hydrogens (tertiary/aromatic N) is 2. The van der Waals surface area contributed by atoms with E-state index in [1.807, 2.05) is 17.6 Å². The van der Waals surface area contributed by atoms with Gasteiger partial charge in [0.1, 0.15) is 5.82 Å². The highest BCUT2D eigenvalue weighted by Gasteiger charge is 2.11. The molecule has 2 aromatic heterocycles. The van der Waals surface area contributed by atoms with Crippen LogP contribution < -0.4 is 10.2 Å². The van der Waals surface area contributed by atoms with Crippen LogP contribution in [0, 0.1) is 0 Å². The third-order valence-electron chi connectivity index (χ3n) is 3.52. The first kappa shape index (κ1) is 13.7. The maximum absolute atomic E-state index is 5.91. The quantitative estimate of drug-likeness (QED) is 0.907. The monoisotopic (exact) mass is 307 g/mol. The van der Waals surface area contributed by atoms with Crippen molar-refractivity contribution < 1.29 is 0 Å². The van der Waals surface area contributed by atoms with Gasteiger partial charge in [0.05, 0.1) is 16.9 Å². The second kappa shape index (κ2) is 6.46. The molecule has 1 aliphatic heterocycles. The lowest BCUT2D eigenvalue weighted by Crippen LogP contribution is -2.30. The molecule has 5 heteroatoms. The molecule has 3 nitrogen and oxygen atoms in total. The van der Waals surface area contributed by atoms with E-state index in [4.69, 9.17) is 11.6 Å². The van der Waals surface area contributed by atoms with Gasteiger partial charge in [-0.3, -0.25) is 0 Å². The van der Waals surface area contributed by atoms with E-state index in [0.717, 1.165) is 36.2 Å². The van der Waals surface area contributed by atoms with Crippen molar-refractivity contribution in [2.24, 2.45) is 0 Å². The SMILES string of the molecule is Clc1csc(CNc2ccc(N3CCCCC3)nc2)c1. The number of anilines is 2. The summed E-state index contributed by atoms with van der Waals surface area (Å²) in [6, 6.07) is 6.20. The third kappa shape index (κ3) is 3.44. The molecule has 106 valence electrons. The lowest BCUT2D eigenvalue weighted by Gasteiger charge is -2.27. The predicted molar refractivity (Wildman–Crippen MR) is 87.0 cm³/mol. The topological polar surface area (TPSA) is 28.2 Å². The van der Waals surface area contributed by atoms with E-state index in [-0.39, 0.29) is 0 Å². The zero-order valence-corrected chi connectivity index (χ0v) is 12.9. The van der Waals surface area contributed by atoms with Crippen molar-refractivity contribution in [3.63, 3.8) is 0 Å². The van der Waals surface area contributed by atoms with Crippen molar-refractivity contribution in [3.8, 4) is 0 Å². The van der Waals surface area contributed by atoms with Crippen LogP contribution in [0.4, 0.5) is 11.5 Å². The number of thiophene rings is 1. The molecule has 0 bridgehead atoms. The summed E-state index contributed by atoms with van der Waals surface area (Å²) in [5.41, 5.74) is 1.05. The van der Waals surface area contributed by atoms with Crippen molar-refractivity contribution >= 4 is 34.4 Å². The highest BCUT2D eigenvalue weighted by molar-refractivity contribution is 7.10. The highest BCUT2D eigenvalue weighted by Crippen LogP contribution is 2.22. The Morgan fingerprint density at radius 3 is 2.75 bits per heavy atom. The normalized spacial score (nSPS) is 15.3. The minimum Gasteiger partial charge on any atom is -0.379 e. The number of rotatable bonds is 4. The molecule has 1 N–H and O–H groups in total. The number of pyridine rings is 1. The Kier molecular flexibility index (Phi) is 4.43. The minimum atomic E-state index is 0.794. The first-order chi connectivity index (χ1) is 9.81. The van der Waals surface area contributed by atoms with Crippen molar-refractivity contribution in [2.75, 3.05) is 23.3 Å². The van der Waals surface area contributed by atoms with Crippen LogP contribution in [0.2, 0.25) is 5.02 Å². The van der Waals surface area contributed by atoms with Crippen LogP contribution in [0.5, 0.6) is 0 Å². The van der Waals surface area contributed by atoms with Gasteiger partial charge in [-0.15, -0.1) is 11.3 Å². The molecule has 0 radical (unpaired) electrons. The number of piperidine rings is 1. The molecule has 0 unspecified atom stereocenters. The number of aromatic nitrogens is 1. The average molecular weight is 308 g/mol. The summed E-state index contributed by atoms with van der Waals surface area (Å²) in [7, 11) is 0. The molecule has 0 aromatic carbocycles. The van der Waals surface area contributed by atoms with E-state index in [0.29, 0.717) is 0 Å². The lowest BCUT2D eigenvalue weighted by atomic mass is 10.1. The summed E-state index contributed by atoms with van der Waals surface area (Å²) < 4.78 is 0. The summed E-state index contributed by atoms with van der Waals surface area (Å²) >= 11 is 7.59. The highest BCUT2D eigenvalue weighted by atomic mass is 35.5. The van der Waals surface area contributed by atoms with Gasteiger partial charge in [-0.05, 0) is 37.5 Å². The largest absolute Gasteiger partial charge is 0.379 e. The Morgan fingerprint density at radius 2 is 2.10 bits per heavy atom. The fraction of sp³-hybridized carbons (Fsp3) is 0.400. The van der Waals surface area contributed by atoms with Gasteiger partial charge >= 0.3 is 0 Å². The standard InChI is InChI=1S/C15H18ClN3S/c16-12-8-14(20-11-12)10-17-13-4-5-15(18-9-13)19-6-2-1-3-7-19/h4-5,8-9,11,17H,1-3,6-7,10H2. The zero-order chi connectivity index (χ0) is 13.8. The van der Waals surface area contributed by atoms with Gasteiger partial charge in [-0.2, -0.15) is 0 Å². The van der Waals surface area contributed by atoms with Gasteiger partial charge in [0.25, 0.3) is 0 Å². The molecule has 0 atom stereocenters. The van der Waals surface area contributed by atoms with Crippen molar-refractivity contribution in [3.05, 3.63) is 39.7 Å². The number of hydrogen-bond donors (Lipinski definition) is 1. The Morgan fingerprint density at radius 1 is 1.25 bits per heavy atom. The summed E-state index contributed by atoms with van der Waals surface area (Å²) in [5.74, 6) is 1.09. The second-order valence-electron chi connectivity index (χ2n) is 5.04. The van der Waals surface area contributed by atoms with Crippen LogP contribution in [0.3, 0.4) is 0 Å². The minimum absolute atomic E-state index is 0.794. The van der Waals surface area contributed by atoms with E-state index in [1.54, 1.807) is 11.3 Å². The summed E-state index contributed by atoms with van der Waals surface area (Å²) in [6.45, 7) is 3.06. The van der Waals surface area contributed by atoms with Gasteiger partial charge in [-0.1, -0.05) is 11.6 Å². The van der Waals surface area contributed by atoms with Crippen LogP contribution in [0.25, 0.3) is 0 Å². The van der Waals surface area contributed by atoms with E-state index >= 15 is 0 Å². The zero-order valence-electron chi connectivity index (χ0n) is 11.3. The van der Waals surface area contributed by atoms with Crippen LogP contribution in [-0.4, -0.2) is 18.1 Å². The summed E-state index contributed by atoms with van der Waals surface area (Å²) in [4.78, 5) is 8.16. The molecule has 0 spiro atoms. The van der Waals surface area contributed by atoms with Crippen LogP contribution in [0.1, 0.15) is 24.1 Å². The smallest absolute Gasteiger partial charge is 0.128 e. The first-order valence-electron chi connectivity index (χ1n) is 6.99. The molecule has 1 fully saturated rings. The Bertz CT molecular complexity index is 547. The van der Waals surface area contributed by atoms with Crippen molar-refractivity contribution in [1.82, 2.24) is 4.98 Å². The molecule has 3 heterocycles. The molecule has 2 aromatic rings. The molecular formula is C15H18ClN3S. The van der Waals surface area contributed by atoms with Gasteiger partial charge < -0.3 is 10.2 Å². The molecule has 1 aliphatic rings. The van der Waals surface area contributed by atoms with Crippen LogP contribution >= 0.6 is 22.9 Å². The molecule has 1 saturated heterocycles. The van der Waals surface area contributed by atoms with E-state index in [1.165, 1.54) is 24.1 Å². The fourth-order valence-electron chi connectivity index (χ4n) is 2.44. The number of hydrogen-bond acceptors (Lipinski definition) is 4. The molecular weight excluding hydrogens is 290 g/mol. The lowest BCUT2D eigenvalue weighted by molar-refractivity contribution is 0.573. The first-order valence-corrected chi connectivity index (χ1v) is 8.25. The van der Waals surface area contributed by atoms with Crippen molar-refractivity contribution in [2.45, 2.75) is 25.8 Å². The average Bonchev–Trinajstić information content (AvgIpc) is 2.92. The molecule has 20 heavy (non-hydrogen) atoms. The number of halogens is 1. The Balaban J connectivity index is 1.58. The van der Waals surface area contributed by atoms with E-state index < -0.39 is 0 Å². The van der Waals surface area contributed by atoms with Gasteiger partial charge in [0, 0.05) is 29.9 Å². The molecule has 0 saturated carbocycles. The summed E-state index contributed by atoms with van der Waals surface area (Å²) in [6.07, 6.45) is 5.82. The Hall–Kier alpha value is -1.26. The van der Waals surface area contributed by atoms with E-state index in [2.05, 4.69) is 27.3 Å². The predicted octanol–water partition coefficient (Wildman–Crippen LogP) is 4.40. The van der Waals surface area contributed by atoms with E-state index in [9.17, 15) is 0 Å². The van der Waals surface area contributed by atoms with Crippen LogP contribution in [0.15, 0.2) is 29.8 Å². The number of nitrogens with one attached hydrogen (secondary N) is 1. The third-order valence-corrected chi connectivity index (χ3v) is 4.80. The van der Waals surface area contributed by atoms with Gasteiger partial charge in [0.15, 0.2) is 0 Å². The maximum atomic E-state index is 5.91. The van der Waals surface area contributed by atoms with Gasteiger partial charge in [0.2, 0.25) is 0 Å². The Labute approximate surface area is 128 Å². The maximum Gasteiger partial charge on any atom is 0.128 e. The van der Waals surface area contributed by atoms with Crippen molar-refractivity contribution in [1.29, 1.82) is 0 Å². The summed E-state index contributed by atoms with van der Waals surface area (Å²) in [5, 5.41) is 6.14. The van der Waals surface area contributed by atoms with Crippen LogP contribution in [-0.2, 0) is 6.54 Å². The molecule has 0 amide bonds. The van der Waals surface area contributed by atoms with Gasteiger partial charge in [-0.25, -0.2) is 4.98 Å². The molecule has 3 rings (SSSR count). The molecule has 0 aliphatic carbocycles. The fourth-order valence-corrected chi connectivity index (χ4v) is 3.45.